The molecule has 0 amide bonds. The van der Waals surface area contributed by atoms with Crippen molar-refractivity contribution in [1.29, 1.82) is 0 Å². The van der Waals surface area contributed by atoms with Gasteiger partial charge in [0.1, 0.15) is 0 Å². The molecule has 1 aromatic heterocycles. The highest BCUT2D eigenvalue weighted by Crippen LogP contribution is 2.21. The van der Waals surface area contributed by atoms with Crippen LogP contribution in [-0.2, 0) is 0 Å². The number of rotatable bonds is 7. The first-order valence-corrected chi connectivity index (χ1v) is 6.16. The van der Waals surface area contributed by atoms with Crippen LogP contribution in [0.4, 0.5) is 0 Å². The molecule has 14 heavy (non-hydrogen) atoms. The summed E-state index contributed by atoms with van der Waals surface area (Å²) in [4.78, 5) is 1.27. The lowest BCUT2D eigenvalue weighted by Gasteiger charge is -2.15. The summed E-state index contributed by atoms with van der Waals surface area (Å²) >= 11 is 1.51. The van der Waals surface area contributed by atoms with Gasteiger partial charge in [-0.3, -0.25) is 0 Å². The summed E-state index contributed by atoms with van der Waals surface area (Å²) in [6.45, 7) is 5.49. The lowest BCUT2D eigenvalue weighted by Crippen LogP contribution is -2.21. The van der Waals surface area contributed by atoms with Crippen molar-refractivity contribution < 1.29 is 0 Å². The summed E-state index contributed by atoms with van der Waals surface area (Å²) in [6.07, 6.45) is 6.76. The third-order valence-corrected chi connectivity index (χ3v) is 2.99. The highest BCUT2D eigenvalue weighted by Gasteiger charge is 2.11. The van der Waals surface area contributed by atoms with Gasteiger partial charge in [0.05, 0.1) is 11.1 Å². The van der Waals surface area contributed by atoms with Gasteiger partial charge in [0, 0.05) is 6.04 Å². The molecule has 1 heterocycles. The van der Waals surface area contributed by atoms with Gasteiger partial charge in [-0.25, -0.2) is 0 Å². The third-order valence-electron chi connectivity index (χ3n) is 2.21. The molecular formula is C10H19N3S. The molecule has 0 radical (unpaired) electrons. The Morgan fingerprint density at radius 1 is 1.43 bits per heavy atom. The van der Waals surface area contributed by atoms with Gasteiger partial charge in [0.25, 0.3) is 0 Å². The van der Waals surface area contributed by atoms with E-state index in [2.05, 4.69) is 28.8 Å². The molecule has 1 unspecified atom stereocenters. The van der Waals surface area contributed by atoms with E-state index in [1.807, 2.05) is 6.20 Å². The Bertz CT molecular complexity index is 215. The number of hydrogen-bond donors (Lipinski definition) is 1. The van der Waals surface area contributed by atoms with Crippen LogP contribution in [0.2, 0.25) is 0 Å². The molecule has 1 aromatic rings. The Labute approximate surface area is 90.1 Å². The quantitative estimate of drug-likeness (QED) is 0.757. The second kappa shape index (κ2) is 6.90. The fourth-order valence-electron chi connectivity index (χ4n) is 1.40. The van der Waals surface area contributed by atoms with Crippen molar-refractivity contribution in [3.63, 3.8) is 0 Å². The lowest BCUT2D eigenvalue weighted by atomic mass is 10.1. The normalized spacial score (nSPS) is 13.0. The van der Waals surface area contributed by atoms with Crippen molar-refractivity contribution in [3.05, 3.63) is 11.1 Å². The monoisotopic (exact) mass is 213 g/mol. The van der Waals surface area contributed by atoms with Gasteiger partial charge in [-0.15, -0.1) is 5.10 Å². The van der Waals surface area contributed by atoms with E-state index in [1.54, 1.807) is 0 Å². The Hall–Kier alpha value is -0.480. The minimum atomic E-state index is 0.467. The highest BCUT2D eigenvalue weighted by atomic mass is 32.1. The van der Waals surface area contributed by atoms with E-state index in [9.17, 15) is 0 Å². The van der Waals surface area contributed by atoms with Crippen LogP contribution in [-0.4, -0.2) is 16.1 Å². The van der Waals surface area contributed by atoms with Gasteiger partial charge in [0.2, 0.25) is 0 Å². The predicted molar refractivity (Wildman–Crippen MR) is 60.5 cm³/mol. The van der Waals surface area contributed by atoms with Crippen LogP contribution in [0.1, 0.15) is 50.4 Å². The fourth-order valence-corrected chi connectivity index (χ4v) is 2.01. The van der Waals surface area contributed by atoms with Gasteiger partial charge in [-0.05, 0) is 30.9 Å². The van der Waals surface area contributed by atoms with E-state index in [1.165, 1.54) is 42.1 Å². The summed E-state index contributed by atoms with van der Waals surface area (Å²) in [6, 6.07) is 0.467. The molecule has 0 bridgehead atoms. The maximum atomic E-state index is 3.91. The summed E-state index contributed by atoms with van der Waals surface area (Å²) in [7, 11) is 0. The average molecular weight is 213 g/mol. The molecule has 0 saturated carbocycles. The van der Waals surface area contributed by atoms with Crippen LogP contribution in [0, 0.1) is 0 Å². The van der Waals surface area contributed by atoms with Crippen LogP contribution >= 0.6 is 11.5 Å². The zero-order chi connectivity index (χ0) is 10.2. The van der Waals surface area contributed by atoms with E-state index in [0.29, 0.717) is 6.04 Å². The van der Waals surface area contributed by atoms with Crippen LogP contribution in [0.3, 0.4) is 0 Å². The van der Waals surface area contributed by atoms with Crippen molar-refractivity contribution in [2.24, 2.45) is 0 Å². The molecule has 4 heteroatoms. The van der Waals surface area contributed by atoms with Crippen LogP contribution < -0.4 is 5.32 Å². The summed E-state index contributed by atoms with van der Waals surface area (Å²) < 4.78 is 3.91. The molecule has 0 fully saturated rings. The third kappa shape index (κ3) is 3.72. The van der Waals surface area contributed by atoms with Gasteiger partial charge in [0.15, 0.2) is 0 Å². The highest BCUT2D eigenvalue weighted by molar-refractivity contribution is 7.05. The van der Waals surface area contributed by atoms with Crippen molar-refractivity contribution >= 4 is 11.5 Å². The maximum absolute atomic E-state index is 3.91. The van der Waals surface area contributed by atoms with Crippen LogP contribution in [0.5, 0.6) is 0 Å². The lowest BCUT2D eigenvalue weighted by molar-refractivity contribution is 0.487. The summed E-state index contributed by atoms with van der Waals surface area (Å²) in [5.74, 6) is 0. The van der Waals surface area contributed by atoms with Crippen molar-refractivity contribution in [2.45, 2.75) is 45.6 Å². The van der Waals surface area contributed by atoms with Crippen molar-refractivity contribution in [1.82, 2.24) is 14.9 Å². The smallest absolute Gasteiger partial charge is 0.0669 e. The Morgan fingerprint density at radius 3 is 2.86 bits per heavy atom. The second-order valence-electron chi connectivity index (χ2n) is 3.47. The van der Waals surface area contributed by atoms with Crippen LogP contribution in [0.25, 0.3) is 0 Å². The largest absolute Gasteiger partial charge is 0.309 e. The molecule has 1 N–H and O–H groups in total. The first-order valence-electron chi connectivity index (χ1n) is 5.39. The first-order chi connectivity index (χ1) is 6.88. The van der Waals surface area contributed by atoms with E-state index >= 15 is 0 Å². The number of unbranched alkanes of at least 4 members (excludes halogenated alkanes) is 1. The predicted octanol–water partition coefficient (Wildman–Crippen LogP) is 2.77. The molecule has 0 saturated heterocycles. The molecule has 1 rings (SSSR count). The van der Waals surface area contributed by atoms with Gasteiger partial charge in [-0.1, -0.05) is 31.2 Å². The van der Waals surface area contributed by atoms with Gasteiger partial charge < -0.3 is 5.32 Å². The SMILES string of the molecule is CCCCC(NCCC)c1cnns1. The standard InChI is InChI=1S/C10H19N3S/c1-3-5-6-9(11-7-4-2)10-8-12-13-14-10/h8-9,11H,3-7H2,1-2H3. The van der Waals surface area contributed by atoms with E-state index in [4.69, 9.17) is 0 Å². The number of nitrogens with zero attached hydrogens (tertiary/aromatic N) is 2. The maximum Gasteiger partial charge on any atom is 0.0669 e. The van der Waals surface area contributed by atoms with E-state index < -0.39 is 0 Å². The average Bonchev–Trinajstić information content (AvgIpc) is 2.71. The van der Waals surface area contributed by atoms with Crippen LogP contribution in [0.15, 0.2) is 6.20 Å². The minimum Gasteiger partial charge on any atom is -0.309 e. The summed E-state index contributed by atoms with van der Waals surface area (Å²) in [5.41, 5.74) is 0. The fraction of sp³-hybridized carbons (Fsp3) is 0.800. The van der Waals surface area contributed by atoms with E-state index in [-0.39, 0.29) is 0 Å². The van der Waals surface area contributed by atoms with E-state index in [0.717, 1.165) is 6.54 Å². The van der Waals surface area contributed by atoms with Gasteiger partial charge >= 0.3 is 0 Å². The summed E-state index contributed by atoms with van der Waals surface area (Å²) in [5, 5.41) is 7.42. The van der Waals surface area contributed by atoms with Crippen molar-refractivity contribution in [3.8, 4) is 0 Å². The number of nitrogens with one attached hydrogen (secondary N) is 1. The zero-order valence-electron chi connectivity index (χ0n) is 8.99. The Balaban J connectivity index is 2.44. The topological polar surface area (TPSA) is 37.8 Å². The second-order valence-corrected chi connectivity index (χ2v) is 4.29. The molecule has 0 aliphatic rings. The molecule has 0 aromatic carbocycles. The molecule has 1 atom stereocenters. The number of hydrogen-bond acceptors (Lipinski definition) is 4. The first kappa shape index (κ1) is 11.6. The molecular weight excluding hydrogens is 194 g/mol. The molecule has 0 aliphatic carbocycles. The zero-order valence-corrected chi connectivity index (χ0v) is 9.81. The molecule has 3 nitrogen and oxygen atoms in total. The van der Waals surface area contributed by atoms with Gasteiger partial charge in [-0.2, -0.15) is 0 Å². The number of aromatic nitrogens is 2. The Kier molecular flexibility index (Phi) is 5.71. The minimum absolute atomic E-state index is 0.467. The molecule has 0 aliphatic heterocycles. The molecule has 0 spiro atoms. The Morgan fingerprint density at radius 2 is 2.29 bits per heavy atom. The van der Waals surface area contributed by atoms with Crippen molar-refractivity contribution in [2.75, 3.05) is 6.54 Å². The molecule has 80 valence electrons.